The number of piperazine rings is 1. The first-order valence-corrected chi connectivity index (χ1v) is 8.87. The number of nitrogens with zero attached hydrogens (tertiary/aromatic N) is 5. The first-order valence-electron chi connectivity index (χ1n) is 8.87. The van der Waals surface area contributed by atoms with E-state index in [-0.39, 0.29) is 10.6 Å². The molecule has 0 saturated carbocycles. The third kappa shape index (κ3) is 3.95. The molecular weight excluding hydrogens is 344 g/mol. The fourth-order valence-corrected chi connectivity index (χ4v) is 3.24. The number of nitrogens with one attached hydrogen (secondary N) is 1. The van der Waals surface area contributed by atoms with Crippen molar-refractivity contribution in [1.29, 1.82) is 0 Å². The van der Waals surface area contributed by atoms with Gasteiger partial charge in [0.15, 0.2) is 5.82 Å². The van der Waals surface area contributed by atoms with Crippen LogP contribution in [0, 0.1) is 10.1 Å². The Morgan fingerprint density at radius 1 is 1.00 bits per heavy atom. The van der Waals surface area contributed by atoms with E-state index >= 15 is 0 Å². The summed E-state index contributed by atoms with van der Waals surface area (Å²) in [7, 11) is 0. The molecule has 0 aliphatic carbocycles. The van der Waals surface area contributed by atoms with E-state index in [1.807, 2.05) is 42.5 Å². The third-order valence-electron chi connectivity index (χ3n) is 4.74. The molecule has 8 heteroatoms. The second-order valence-electron chi connectivity index (χ2n) is 6.51. The van der Waals surface area contributed by atoms with E-state index in [1.165, 1.54) is 0 Å². The van der Waals surface area contributed by atoms with Gasteiger partial charge in [0.1, 0.15) is 5.82 Å². The molecule has 8 nitrogen and oxygen atoms in total. The standard InChI is InChI=1S/C19H20N6O2/c26-25(27)17-8-6-16(7-9-17)24-12-10-23(11-13-24)14-18-20-19(22-21-18)15-4-2-1-3-5-15/h1-9H,10-14H2,(H,20,21,22). The van der Waals surface area contributed by atoms with Crippen LogP contribution in [0.25, 0.3) is 11.4 Å². The monoisotopic (exact) mass is 364 g/mol. The van der Waals surface area contributed by atoms with Gasteiger partial charge in [-0.05, 0) is 12.1 Å². The van der Waals surface area contributed by atoms with Crippen LogP contribution < -0.4 is 4.90 Å². The lowest BCUT2D eigenvalue weighted by Gasteiger charge is -2.35. The number of rotatable bonds is 5. The minimum absolute atomic E-state index is 0.122. The molecule has 0 amide bonds. The van der Waals surface area contributed by atoms with Gasteiger partial charge in [-0.25, -0.2) is 4.98 Å². The second kappa shape index (κ2) is 7.55. The number of hydrogen-bond donors (Lipinski definition) is 1. The molecule has 0 unspecified atom stereocenters. The number of nitro groups is 1. The molecule has 4 rings (SSSR count). The Bertz CT molecular complexity index is 901. The molecule has 2 heterocycles. The number of aromatic nitrogens is 3. The zero-order chi connectivity index (χ0) is 18.6. The van der Waals surface area contributed by atoms with Crippen molar-refractivity contribution < 1.29 is 4.92 Å². The fourth-order valence-electron chi connectivity index (χ4n) is 3.24. The number of anilines is 1. The number of aromatic amines is 1. The zero-order valence-electron chi connectivity index (χ0n) is 14.8. The minimum Gasteiger partial charge on any atom is -0.369 e. The van der Waals surface area contributed by atoms with Crippen LogP contribution in [0.4, 0.5) is 11.4 Å². The van der Waals surface area contributed by atoms with Crippen LogP contribution in [0.5, 0.6) is 0 Å². The Morgan fingerprint density at radius 3 is 2.37 bits per heavy atom. The van der Waals surface area contributed by atoms with Gasteiger partial charge in [0, 0.05) is 49.6 Å². The summed E-state index contributed by atoms with van der Waals surface area (Å²) < 4.78 is 0. The number of non-ortho nitro benzene ring substituents is 1. The molecule has 138 valence electrons. The first kappa shape index (κ1) is 17.2. The van der Waals surface area contributed by atoms with Crippen molar-refractivity contribution >= 4 is 11.4 Å². The summed E-state index contributed by atoms with van der Waals surface area (Å²) in [6.07, 6.45) is 0. The maximum absolute atomic E-state index is 10.8. The summed E-state index contributed by atoms with van der Waals surface area (Å²) >= 11 is 0. The highest BCUT2D eigenvalue weighted by Gasteiger charge is 2.19. The van der Waals surface area contributed by atoms with Gasteiger partial charge in [0.2, 0.25) is 0 Å². The van der Waals surface area contributed by atoms with E-state index in [0.717, 1.165) is 55.6 Å². The van der Waals surface area contributed by atoms with Gasteiger partial charge in [-0.3, -0.25) is 20.1 Å². The highest BCUT2D eigenvalue weighted by atomic mass is 16.6. The Balaban J connectivity index is 1.33. The molecule has 0 radical (unpaired) electrons. The second-order valence-corrected chi connectivity index (χ2v) is 6.51. The molecule has 1 fully saturated rings. The van der Waals surface area contributed by atoms with E-state index in [4.69, 9.17) is 0 Å². The molecule has 1 aliphatic heterocycles. The van der Waals surface area contributed by atoms with E-state index in [1.54, 1.807) is 12.1 Å². The van der Waals surface area contributed by atoms with Gasteiger partial charge < -0.3 is 4.90 Å². The molecule has 0 atom stereocenters. The molecule has 1 aromatic heterocycles. The smallest absolute Gasteiger partial charge is 0.269 e. The lowest BCUT2D eigenvalue weighted by atomic mass is 10.2. The molecule has 0 spiro atoms. The lowest BCUT2D eigenvalue weighted by molar-refractivity contribution is -0.384. The van der Waals surface area contributed by atoms with Crippen LogP contribution in [0.2, 0.25) is 0 Å². The topological polar surface area (TPSA) is 91.2 Å². The summed E-state index contributed by atoms with van der Waals surface area (Å²) in [5.41, 5.74) is 2.14. The Morgan fingerprint density at radius 2 is 1.70 bits per heavy atom. The predicted octanol–water partition coefficient (Wildman–Crippen LogP) is 2.70. The summed E-state index contributed by atoms with van der Waals surface area (Å²) in [6.45, 7) is 4.28. The maximum Gasteiger partial charge on any atom is 0.269 e. The maximum atomic E-state index is 10.8. The number of nitro benzene ring substituents is 1. The molecule has 0 bridgehead atoms. The zero-order valence-corrected chi connectivity index (χ0v) is 14.8. The predicted molar refractivity (Wildman–Crippen MR) is 102 cm³/mol. The molecule has 3 aromatic rings. The van der Waals surface area contributed by atoms with Crippen molar-refractivity contribution in [3.05, 3.63) is 70.5 Å². The highest BCUT2D eigenvalue weighted by molar-refractivity contribution is 5.54. The van der Waals surface area contributed by atoms with Crippen LogP contribution in [-0.4, -0.2) is 51.2 Å². The lowest BCUT2D eigenvalue weighted by Crippen LogP contribution is -2.46. The van der Waals surface area contributed by atoms with Crippen LogP contribution in [-0.2, 0) is 6.54 Å². The largest absolute Gasteiger partial charge is 0.369 e. The summed E-state index contributed by atoms with van der Waals surface area (Å²) in [4.78, 5) is 19.6. The Labute approximate surface area is 156 Å². The summed E-state index contributed by atoms with van der Waals surface area (Å²) in [5, 5.41) is 18.1. The number of benzene rings is 2. The van der Waals surface area contributed by atoms with Crippen molar-refractivity contribution in [2.75, 3.05) is 31.1 Å². The third-order valence-corrected chi connectivity index (χ3v) is 4.74. The van der Waals surface area contributed by atoms with Crippen LogP contribution in [0.3, 0.4) is 0 Å². The summed E-state index contributed by atoms with van der Waals surface area (Å²) in [5.74, 6) is 1.58. The molecule has 1 aliphatic rings. The van der Waals surface area contributed by atoms with E-state index in [2.05, 4.69) is 25.0 Å². The molecule has 1 saturated heterocycles. The number of hydrogen-bond acceptors (Lipinski definition) is 6. The number of H-pyrrole nitrogens is 1. The van der Waals surface area contributed by atoms with Gasteiger partial charge in [0.25, 0.3) is 5.69 Å². The fraction of sp³-hybridized carbons (Fsp3) is 0.263. The highest BCUT2D eigenvalue weighted by Crippen LogP contribution is 2.21. The average molecular weight is 364 g/mol. The van der Waals surface area contributed by atoms with E-state index in [9.17, 15) is 10.1 Å². The minimum atomic E-state index is -0.372. The normalized spacial score (nSPS) is 15.0. The quantitative estimate of drug-likeness (QED) is 0.553. The van der Waals surface area contributed by atoms with Crippen LogP contribution >= 0.6 is 0 Å². The average Bonchev–Trinajstić information content (AvgIpc) is 3.18. The van der Waals surface area contributed by atoms with Gasteiger partial charge >= 0.3 is 0 Å². The Hall–Kier alpha value is -3.26. The van der Waals surface area contributed by atoms with Crippen LogP contribution in [0.15, 0.2) is 54.6 Å². The van der Waals surface area contributed by atoms with Crippen molar-refractivity contribution in [2.24, 2.45) is 0 Å². The molecule has 27 heavy (non-hydrogen) atoms. The molecular formula is C19H20N6O2. The summed E-state index contributed by atoms with van der Waals surface area (Å²) in [6, 6.07) is 16.7. The molecule has 2 aromatic carbocycles. The van der Waals surface area contributed by atoms with Crippen molar-refractivity contribution in [3.63, 3.8) is 0 Å². The van der Waals surface area contributed by atoms with Gasteiger partial charge in [-0.1, -0.05) is 30.3 Å². The van der Waals surface area contributed by atoms with E-state index < -0.39 is 0 Å². The SMILES string of the molecule is O=[N+]([O-])c1ccc(N2CCN(Cc3nc(-c4ccccc4)n[nH]3)CC2)cc1. The van der Waals surface area contributed by atoms with Gasteiger partial charge in [-0.2, -0.15) is 5.10 Å². The van der Waals surface area contributed by atoms with Crippen molar-refractivity contribution in [1.82, 2.24) is 20.1 Å². The van der Waals surface area contributed by atoms with Gasteiger partial charge in [-0.15, -0.1) is 0 Å². The first-order chi connectivity index (χ1) is 13.2. The van der Waals surface area contributed by atoms with Gasteiger partial charge in [0.05, 0.1) is 11.5 Å². The van der Waals surface area contributed by atoms with E-state index in [0.29, 0.717) is 0 Å². The van der Waals surface area contributed by atoms with Crippen LogP contribution in [0.1, 0.15) is 5.82 Å². The van der Waals surface area contributed by atoms with Crippen molar-refractivity contribution in [3.8, 4) is 11.4 Å². The Kier molecular flexibility index (Phi) is 4.80. The van der Waals surface area contributed by atoms with Crippen molar-refractivity contribution in [2.45, 2.75) is 6.54 Å². The molecule has 1 N–H and O–H groups in total.